The van der Waals surface area contributed by atoms with Crippen molar-refractivity contribution in [2.75, 3.05) is 39.3 Å². The SMILES string of the molecule is CCCCC(=O)NCCCN1CCNCC1.Cl. The number of hydrogen-bond acceptors (Lipinski definition) is 3. The maximum atomic E-state index is 11.3. The minimum absolute atomic E-state index is 0. The van der Waals surface area contributed by atoms with Crippen LogP contribution in [-0.2, 0) is 4.79 Å². The van der Waals surface area contributed by atoms with Gasteiger partial charge in [0.15, 0.2) is 0 Å². The van der Waals surface area contributed by atoms with Crippen LogP contribution in [0.25, 0.3) is 0 Å². The first-order chi connectivity index (χ1) is 7.83. The second-order valence-corrected chi connectivity index (χ2v) is 4.40. The summed E-state index contributed by atoms with van der Waals surface area (Å²) in [5.41, 5.74) is 0. The van der Waals surface area contributed by atoms with Crippen molar-refractivity contribution in [2.24, 2.45) is 0 Å². The monoisotopic (exact) mass is 263 g/mol. The number of nitrogens with zero attached hydrogens (tertiary/aromatic N) is 1. The third-order valence-electron chi connectivity index (χ3n) is 2.94. The van der Waals surface area contributed by atoms with Crippen LogP contribution in [0.1, 0.15) is 32.6 Å². The molecule has 1 aliphatic rings. The van der Waals surface area contributed by atoms with E-state index in [1.807, 2.05) is 0 Å². The quantitative estimate of drug-likeness (QED) is 0.674. The molecule has 1 heterocycles. The first-order valence-electron chi connectivity index (χ1n) is 6.52. The number of carbonyl (C=O) groups excluding carboxylic acids is 1. The smallest absolute Gasteiger partial charge is 0.219 e. The molecule has 0 unspecified atom stereocenters. The molecule has 0 aliphatic carbocycles. The van der Waals surface area contributed by atoms with Crippen molar-refractivity contribution in [2.45, 2.75) is 32.6 Å². The zero-order valence-electron chi connectivity index (χ0n) is 10.8. The number of halogens is 1. The summed E-state index contributed by atoms with van der Waals surface area (Å²) in [7, 11) is 0. The number of nitrogens with one attached hydrogen (secondary N) is 2. The molecule has 0 aromatic rings. The third-order valence-corrected chi connectivity index (χ3v) is 2.94. The Morgan fingerprint density at radius 1 is 1.29 bits per heavy atom. The van der Waals surface area contributed by atoms with Crippen molar-refractivity contribution in [1.82, 2.24) is 15.5 Å². The maximum absolute atomic E-state index is 11.3. The summed E-state index contributed by atoms with van der Waals surface area (Å²) in [6, 6.07) is 0. The van der Waals surface area contributed by atoms with Crippen LogP contribution in [-0.4, -0.2) is 50.1 Å². The van der Waals surface area contributed by atoms with E-state index >= 15 is 0 Å². The second-order valence-electron chi connectivity index (χ2n) is 4.40. The standard InChI is InChI=1S/C12H25N3O.ClH/c1-2-3-5-12(16)14-6-4-9-15-10-7-13-8-11-15;/h13H,2-11H2,1H3,(H,14,16);1H. The van der Waals surface area contributed by atoms with Crippen LogP contribution >= 0.6 is 12.4 Å². The van der Waals surface area contributed by atoms with Crippen LogP contribution in [0.3, 0.4) is 0 Å². The van der Waals surface area contributed by atoms with Gasteiger partial charge in [0.2, 0.25) is 5.91 Å². The molecule has 0 atom stereocenters. The van der Waals surface area contributed by atoms with E-state index < -0.39 is 0 Å². The van der Waals surface area contributed by atoms with Crippen molar-refractivity contribution in [3.05, 3.63) is 0 Å². The van der Waals surface area contributed by atoms with Crippen molar-refractivity contribution in [3.63, 3.8) is 0 Å². The van der Waals surface area contributed by atoms with Gasteiger partial charge in [-0.15, -0.1) is 12.4 Å². The first kappa shape index (κ1) is 16.7. The highest BCUT2D eigenvalue weighted by Gasteiger charge is 2.08. The molecule has 0 saturated carbocycles. The topological polar surface area (TPSA) is 44.4 Å². The van der Waals surface area contributed by atoms with E-state index in [1.54, 1.807) is 0 Å². The highest BCUT2D eigenvalue weighted by Crippen LogP contribution is 1.95. The molecule has 102 valence electrons. The molecule has 4 nitrogen and oxygen atoms in total. The van der Waals surface area contributed by atoms with Gasteiger partial charge in [-0.1, -0.05) is 13.3 Å². The fraction of sp³-hybridized carbons (Fsp3) is 0.917. The summed E-state index contributed by atoms with van der Waals surface area (Å²) in [5, 5.41) is 6.31. The zero-order chi connectivity index (χ0) is 11.6. The van der Waals surface area contributed by atoms with E-state index in [-0.39, 0.29) is 18.3 Å². The van der Waals surface area contributed by atoms with Gasteiger partial charge in [0, 0.05) is 39.1 Å². The molecule has 0 spiro atoms. The van der Waals surface area contributed by atoms with Gasteiger partial charge in [0.25, 0.3) is 0 Å². The number of piperazine rings is 1. The average Bonchev–Trinajstić information content (AvgIpc) is 2.33. The lowest BCUT2D eigenvalue weighted by molar-refractivity contribution is -0.121. The maximum Gasteiger partial charge on any atom is 0.219 e. The number of carbonyl (C=O) groups is 1. The second kappa shape index (κ2) is 10.8. The number of hydrogen-bond donors (Lipinski definition) is 2. The molecule has 2 N–H and O–H groups in total. The van der Waals surface area contributed by atoms with E-state index in [9.17, 15) is 4.79 Å². The van der Waals surface area contributed by atoms with Gasteiger partial charge in [-0.2, -0.15) is 0 Å². The lowest BCUT2D eigenvalue weighted by atomic mass is 10.2. The van der Waals surface area contributed by atoms with Gasteiger partial charge in [-0.05, 0) is 19.4 Å². The predicted octanol–water partition coefficient (Wildman–Crippen LogP) is 1.01. The normalized spacial score (nSPS) is 16.3. The zero-order valence-corrected chi connectivity index (χ0v) is 11.7. The fourth-order valence-corrected chi connectivity index (χ4v) is 1.89. The van der Waals surface area contributed by atoms with Gasteiger partial charge < -0.3 is 15.5 Å². The van der Waals surface area contributed by atoms with Crippen LogP contribution in [0.2, 0.25) is 0 Å². The number of amides is 1. The minimum Gasteiger partial charge on any atom is -0.356 e. The van der Waals surface area contributed by atoms with Crippen LogP contribution in [0.15, 0.2) is 0 Å². The van der Waals surface area contributed by atoms with Crippen LogP contribution in [0.5, 0.6) is 0 Å². The molecule has 1 rings (SSSR count). The molecule has 5 heteroatoms. The molecule has 1 aliphatic heterocycles. The van der Waals surface area contributed by atoms with Gasteiger partial charge in [0.1, 0.15) is 0 Å². The largest absolute Gasteiger partial charge is 0.356 e. The third kappa shape index (κ3) is 8.41. The van der Waals surface area contributed by atoms with Crippen LogP contribution in [0, 0.1) is 0 Å². The Morgan fingerprint density at radius 3 is 2.65 bits per heavy atom. The summed E-state index contributed by atoms with van der Waals surface area (Å²) < 4.78 is 0. The summed E-state index contributed by atoms with van der Waals surface area (Å²) in [4.78, 5) is 13.8. The molecule has 1 amide bonds. The van der Waals surface area contributed by atoms with Crippen molar-refractivity contribution < 1.29 is 4.79 Å². The Hall–Kier alpha value is -0.320. The highest BCUT2D eigenvalue weighted by atomic mass is 35.5. The molecule has 17 heavy (non-hydrogen) atoms. The van der Waals surface area contributed by atoms with Gasteiger partial charge in [-0.25, -0.2) is 0 Å². The molecule has 0 aromatic heterocycles. The lowest BCUT2D eigenvalue weighted by Crippen LogP contribution is -2.44. The van der Waals surface area contributed by atoms with E-state index in [4.69, 9.17) is 0 Å². The minimum atomic E-state index is 0. The Labute approximate surface area is 111 Å². The van der Waals surface area contributed by atoms with Crippen LogP contribution < -0.4 is 10.6 Å². The molecule has 0 bridgehead atoms. The van der Waals surface area contributed by atoms with E-state index in [0.29, 0.717) is 6.42 Å². The highest BCUT2D eigenvalue weighted by molar-refractivity contribution is 5.85. The van der Waals surface area contributed by atoms with Crippen molar-refractivity contribution in [1.29, 1.82) is 0 Å². The predicted molar refractivity (Wildman–Crippen MR) is 73.7 cm³/mol. The van der Waals surface area contributed by atoms with E-state index in [2.05, 4.69) is 22.5 Å². The van der Waals surface area contributed by atoms with Gasteiger partial charge >= 0.3 is 0 Å². The van der Waals surface area contributed by atoms with Crippen LogP contribution in [0.4, 0.5) is 0 Å². The summed E-state index contributed by atoms with van der Waals surface area (Å²) in [5.74, 6) is 0.210. The summed E-state index contributed by atoms with van der Waals surface area (Å²) >= 11 is 0. The molecule has 1 saturated heterocycles. The average molecular weight is 264 g/mol. The van der Waals surface area contributed by atoms with Gasteiger partial charge in [0.05, 0.1) is 0 Å². The Balaban J connectivity index is 0.00000256. The summed E-state index contributed by atoms with van der Waals surface area (Å²) in [6.07, 6.45) is 3.85. The Bertz CT molecular complexity index is 196. The lowest BCUT2D eigenvalue weighted by Gasteiger charge is -2.27. The first-order valence-corrected chi connectivity index (χ1v) is 6.52. The Morgan fingerprint density at radius 2 is 2.00 bits per heavy atom. The fourth-order valence-electron chi connectivity index (χ4n) is 1.89. The van der Waals surface area contributed by atoms with Gasteiger partial charge in [-0.3, -0.25) is 4.79 Å². The summed E-state index contributed by atoms with van der Waals surface area (Å²) in [6.45, 7) is 8.53. The van der Waals surface area contributed by atoms with Crippen molar-refractivity contribution >= 4 is 18.3 Å². The molecule has 0 aromatic carbocycles. The van der Waals surface area contributed by atoms with Crippen molar-refractivity contribution in [3.8, 4) is 0 Å². The molecule has 1 fully saturated rings. The van der Waals surface area contributed by atoms with E-state index in [0.717, 1.165) is 58.5 Å². The van der Waals surface area contributed by atoms with E-state index in [1.165, 1.54) is 0 Å². The molecular formula is C12H26ClN3O. The molecular weight excluding hydrogens is 238 g/mol. The molecule has 0 radical (unpaired) electrons. The Kier molecular flexibility index (Phi) is 10.6. The number of rotatable bonds is 7. The number of unbranched alkanes of at least 4 members (excludes halogenated alkanes) is 1.